The average molecular weight is 704 g/mol. The van der Waals surface area contributed by atoms with Crippen molar-refractivity contribution >= 4 is 39.7 Å². The summed E-state index contributed by atoms with van der Waals surface area (Å²) in [4.78, 5) is 40.4. The third-order valence-corrected chi connectivity index (χ3v) is 9.27. The number of rotatable bonds is 5. The Morgan fingerprint density at radius 3 is 2.73 bits per heavy atom. The summed E-state index contributed by atoms with van der Waals surface area (Å²) in [6, 6.07) is 9.42. The lowest BCUT2D eigenvalue weighted by Crippen LogP contribution is -2.47. The van der Waals surface area contributed by atoms with Crippen LogP contribution in [0.15, 0.2) is 67.5 Å². The highest BCUT2D eigenvalue weighted by Gasteiger charge is 2.41. The van der Waals surface area contributed by atoms with Gasteiger partial charge in [0.15, 0.2) is 11.5 Å². The Bertz CT molecular complexity index is 2250. The lowest BCUT2D eigenvalue weighted by Gasteiger charge is -2.31. The molecule has 12 nitrogen and oxygen atoms in total. The Hall–Kier alpha value is -5.74. The Morgan fingerprint density at radius 1 is 1.00 bits per heavy atom. The minimum Gasteiger partial charge on any atom is -0.350 e. The molecule has 2 atom stereocenters. The molecule has 51 heavy (non-hydrogen) atoms. The van der Waals surface area contributed by atoms with Crippen molar-refractivity contribution in [2.24, 2.45) is 0 Å². The van der Waals surface area contributed by atoms with E-state index in [-0.39, 0.29) is 55.8 Å². The summed E-state index contributed by atoms with van der Waals surface area (Å²) in [5.74, 6) is -1.29. The molecule has 2 aliphatic rings. The Labute approximate surface area is 287 Å². The van der Waals surface area contributed by atoms with Crippen LogP contribution in [0.1, 0.15) is 25.7 Å². The Balaban J connectivity index is 1.20. The first-order valence-corrected chi connectivity index (χ1v) is 16.4. The lowest BCUT2D eigenvalue weighted by molar-refractivity contribution is -0.141. The third-order valence-electron chi connectivity index (χ3n) is 9.27. The van der Waals surface area contributed by atoms with E-state index in [9.17, 15) is 26.7 Å². The van der Waals surface area contributed by atoms with Crippen LogP contribution >= 0.6 is 0 Å². The van der Waals surface area contributed by atoms with Crippen molar-refractivity contribution in [3.05, 3.63) is 79.1 Å². The highest BCUT2D eigenvalue weighted by atomic mass is 19.4. The minimum absolute atomic E-state index is 0.0318. The van der Waals surface area contributed by atoms with Gasteiger partial charge < -0.3 is 19.7 Å². The molecule has 2 aromatic carbocycles. The van der Waals surface area contributed by atoms with Gasteiger partial charge in [-0.25, -0.2) is 38.4 Å². The van der Waals surface area contributed by atoms with Crippen LogP contribution in [0.3, 0.4) is 0 Å². The quantitative estimate of drug-likeness (QED) is 0.231. The zero-order valence-electron chi connectivity index (χ0n) is 26.9. The van der Waals surface area contributed by atoms with E-state index in [1.54, 1.807) is 17.4 Å². The highest BCUT2D eigenvalue weighted by molar-refractivity contribution is 5.93. The van der Waals surface area contributed by atoms with E-state index in [4.69, 9.17) is 4.98 Å². The topological polar surface area (TPSA) is 123 Å². The van der Waals surface area contributed by atoms with Gasteiger partial charge in [0.2, 0.25) is 11.9 Å². The number of fused-ring (bicyclic) bond motifs is 6. The number of imidazole rings is 1. The molecule has 0 spiro atoms. The van der Waals surface area contributed by atoms with Crippen molar-refractivity contribution in [1.82, 2.24) is 44.2 Å². The molecule has 0 unspecified atom stereocenters. The molecule has 0 radical (unpaired) electrons. The number of benzene rings is 2. The molecule has 1 N–H and O–H groups in total. The summed E-state index contributed by atoms with van der Waals surface area (Å²) in [7, 11) is 0. The summed E-state index contributed by atoms with van der Waals surface area (Å²) in [6.45, 7) is 0.803. The lowest BCUT2D eigenvalue weighted by atomic mass is 10.1. The van der Waals surface area contributed by atoms with Crippen LogP contribution in [0.4, 0.5) is 33.7 Å². The summed E-state index contributed by atoms with van der Waals surface area (Å²) >= 11 is 0. The number of aryl methyl sites for hydroxylation is 1. The molecule has 1 fully saturated rings. The summed E-state index contributed by atoms with van der Waals surface area (Å²) in [6.07, 6.45) is 1.14. The number of carbonyl (C=O) groups excluding carboxylic acids is 1. The van der Waals surface area contributed by atoms with Crippen molar-refractivity contribution in [2.45, 2.75) is 50.5 Å². The number of nitrogens with zero attached hydrogens (tertiary/aromatic N) is 10. The fraction of sp³-hybridized carbons (Fsp3) is 0.324. The van der Waals surface area contributed by atoms with Gasteiger partial charge in [0.05, 0.1) is 34.6 Å². The number of aromatic nitrogens is 8. The van der Waals surface area contributed by atoms with Crippen molar-refractivity contribution in [3.63, 3.8) is 0 Å². The predicted octanol–water partition coefficient (Wildman–Crippen LogP) is 5.53. The number of amides is 1. The van der Waals surface area contributed by atoms with Gasteiger partial charge in [-0.05, 0) is 43.5 Å². The molecule has 0 aliphatic carbocycles. The van der Waals surface area contributed by atoms with Crippen LogP contribution < -0.4 is 10.2 Å². The maximum atomic E-state index is 14.8. The summed E-state index contributed by atoms with van der Waals surface area (Å²) in [5, 5.41) is 8.08. The molecule has 6 heterocycles. The second-order valence-electron chi connectivity index (χ2n) is 12.6. The number of nitrogens with one attached hydrogen (secondary N) is 1. The predicted molar refractivity (Wildman–Crippen MR) is 177 cm³/mol. The zero-order valence-corrected chi connectivity index (χ0v) is 26.9. The molecular formula is C34H30F5N11O. The van der Waals surface area contributed by atoms with Gasteiger partial charge in [0.1, 0.15) is 29.7 Å². The molecule has 2 aliphatic heterocycles. The molecule has 6 aromatic rings. The molecule has 1 saturated heterocycles. The number of para-hydroxylation sites is 1. The molecule has 4 aromatic heterocycles. The average Bonchev–Trinajstić information content (AvgIpc) is 3.84. The molecule has 8 rings (SSSR count). The fourth-order valence-electron chi connectivity index (χ4n) is 7.01. The van der Waals surface area contributed by atoms with Gasteiger partial charge >= 0.3 is 6.18 Å². The number of alkyl halides is 3. The van der Waals surface area contributed by atoms with E-state index in [2.05, 4.69) is 30.4 Å². The standard InChI is InChI=1S/C34H30F5N11O/c35-20-6-7-27(24(36)14-20)50-31-23(16-44-50)30(41-18-42-31)49-17-21-15-28(49)32(51)47(11-2-9-34(37,38)39)12-3-13-48-19-43-26-5-1-4-22(29(26)48)25-8-10-40-33(45-21)46-25/h1,4-8,10,14,16,18-19,21,28H,2-3,9,11-13,15,17H2,(H,40,45,46)/t21-,28-/m0/s1. The van der Waals surface area contributed by atoms with E-state index < -0.39 is 30.3 Å². The maximum Gasteiger partial charge on any atom is 0.389 e. The molecule has 0 saturated carbocycles. The first-order chi connectivity index (χ1) is 24.6. The van der Waals surface area contributed by atoms with E-state index >= 15 is 0 Å². The SMILES string of the molecule is O=C1[C@@H]2C[C@@H](CN2c2ncnc3c2cnn3-c2ccc(F)cc2F)Nc2nccc(n2)-c2cccc3ncn(c23)CCCN1CCCC(F)(F)F. The van der Waals surface area contributed by atoms with Crippen LogP contribution in [0.25, 0.3) is 39.0 Å². The minimum atomic E-state index is -4.37. The van der Waals surface area contributed by atoms with Crippen molar-refractivity contribution in [1.29, 1.82) is 0 Å². The fourth-order valence-corrected chi connectivity index (χ4v) is 7.01. The first kappa shape index (κ1) is 32.5. The van der Waals surface area contributed by atoms with Crippen LogP contribution in [-0.4, -0.2) is 88.0 Å². The largest absolute Gasteiger partial charge is 0.389 e. The second-order valence-corrected chi connectivity index (χ2v) is 12.6. The molecule has 4 bridgehead atoms. The van der Waals surface area contributed by atoms with Crippen LogP contribution in [0, 0.1) is 11.6 Å². The van der Waals surface area contributed by atoms with Gasteiger partial charge in [-0.15, -0.1) is 0 Å². The molecule has 1 amide bonds. The van der Waals surface area contributed by atoms with Gasteiger partial charge in [0, 0.05) is 56.5 Å². The summed E-state index contributed by atoms with van der Waals surface area (Å²) < 4.78 is 71.5. The van der Waals surface area contributed by atoms with Gasteiger partial charge in [-0.2, -0.15) is 18.3 Å². The van der Waals surface area contributed by atoms with Crippen molar-refractivity contribution < 1.29 is 26.7 Å². The number of anilines is 2. The number of halogens is 5. The number of carbonyl (C=O) groups is 1. The normalized spacial score (nSPS) is 18.3. The van der Waals surface area contributed by atoms with Crippen LogP contribution in [0.5, 0.6) is 0 Å². The van der Waals surface area contributed by atoms with Gasteiger partial charge in [0.25, 0.3) is 0 Å². The van der Waals surface area contributed by atoms with E-state index in [1.807, 2.05) is 28.8 Å². The zero-order chi connectivity index (χ0) is 35.3. The first-order valence-electron chi connectivity index (χ1n) is 16.4. The van der Waals surface area contributed by atoms with E-state index in [1.165, 1.54) is 28.2 Å². The Morgan fingerprint density at radius 2 is 1.88 bits per heavy atom. The second kappa shape index (κ2) is 12.9. The van der Waals surface area contributed by atoms with E-state index in [0.29, 0.717) is 35.8 Å². The summed E-state index contributed by atoms with van der Waals surface area (Å²) in [5.41, 5.74) is 3.32. The molecule has 262 valence electrons. The van der Waals surface area contributed by atoms with Crippen molar-refractivity contribution in [3.8, 4) is 16.9 Å². The molecular weight excluding hydrogens is 673 g/mol. The Kier molecular flexibility index (Phi) is 8.18. The highest BCUT2D eigenvalue weighted by Crippen LogP contribution is 2.34. The maximum absolute atomic E-state index is 14.8. The van der Waals surface area contributed by atoms with E-state index in [0.717, 1.165) is 28.7 Å². The number of hydrogen-bond donors (Lipinski definition) is 1. The smallest absolute Gasteiger partial charge is 0.350 e. The monoisotopic (exact) mass is 703 g/mol. The third kappa shape index (κ3) is 6.27. The van der Waals surface area contributed by atoms with Gasteiger partial charge in [-0.3, -0.25) is 4.79 Å². The van der Waals surface area contributed by atoms with Crippen LogP contribution in [0.2, 0.25) is 0 Å². The van der Waals surface area contributed by atoms with Crippen molar-refractivity contribution in [2.75, 3.05) is 29.9 Å². The van der Waals surface area contributed by atoms with Gasteiger partial charge in [-0.1, -0.05) is 12.1 Å². The van der Waals surface area contributed by atoms with Crippen LogP contribution in [-0.2, 0) is 11.3 Å². The molecule has 17 heteroatoms. The number of hydrogen-bond acceptors (Lipinski definition) is 9.